The fraction of sp³-hybridized carbons (Fsp3) is 0.533. The summed E-state index contributed by atoms with van der Waals surface area (Å²) in [5.41, 5.74) is 0. The molecule has 2 aliphatic heterocycles. The molecule has 2 saturated heterocycles. The smallest absolute Gasteiger partial charge is 0.244 e. The van der Waals surface area contributed by atoms with Gasteiger partial charge in [-0.3, -0.25) is 4.79 Å². The highest BCUT2D eigenvalue weighted by molar-refractivity contribution is 7.88. The van der Waals surface area contributed by atoms with Gasteiger partial charge in [0.1, 0.15) is 5.76 Å². The lowest BCUT2D eigenvalue weighted by atomic mass is 10.00. The maximum atomic E-state index is 11.9. The highest BCUT2D eigenvalue weighted by Gasteiger charge is 2.45. The minimum Gasteiger partial charge on any atom is -0.465 e. The topological polar surface area (TPSA) is 79.6 Å². The van der Waals surface area contributed by atoms with E-state index in [0.29, 0.717) is 18.6 Å². The van der Waals surface area contributed by atoms with Gasteiger partial charge in [0, 0.05) is 24.2 Å². The van der Waals surface area contributed by atoms with Gasteiger partial charge in [-0.2, -0.15) is 4.31 Å². The Balaban J connectivity index is 1.59. The average Bonchev–Trinajstić information content (AvgIpc) is 3.03. The molecule has 1 amide bonds. The molecule has 3 heterocycles. The first-order valence-corrected chi connectivity index (χ1v) is 9.29. The Labute approximate surface area is 130 Å². The number of nitrogens with one attached hydrogen (secondary N) is 1. The number of nitrogens with zero attached hydrogens (tertiary/aromatic N) is 1. The van der Waals surface area contributed by atoms with Crippen LogP contribution in [0.25, 0.3) is 6.08 Å². The first-order chi connectivity index (χ1) is 10.4. The summed E-state index contributed by atoms with van der Waals surface area (Å²) in [6, 6.07) is 3.61. The zero-order valence-corrected chi connectivity index (χ0v) is 13.3. The van der Waals surface area contributed by atoms with E-state index in [4.69, 9.17) is 4.42 Å². The third-order valence-corrected chi connectivity index (χ3v) is 5.70. The zero-order valence-electron chi connectivity index (χ0n) is 12.4. The molecule has 2 atom stereocenters. The van der Waals surface area contributed by atoms with E-state index in [0.717, 1.165) is 12.8 Å². The normalized spacial score (nSPS) is 29.0. The number of fused-ring (bicyclic) bond motifs is 2. The van der Waals surface area contributed by atoms with E-state index in [1.807, 2.05) is 0 Å². The summed E-state index contributed by atoms with van der Waals surface area (Å²) in [7, 11) is -3.16. The number of hydrogen-bond donors (Lipinski definition) is 1. The van der Waals surface area contributed by atoms with Crippen LogP contribution in [-0.4, -0.2) is 43.0 Å². The molecule has 0 aliphatic carbocycles. The molecular weight excluding hydrogens is 304 g/mol. The van der Waals surface area contributed by atoms with Crippen molar-refractivity contribution in [1.82, 2.24) is 9.62 Å². The molecule has 120 valence electrons. The Hall–Kier alpha value is -1.60. The van der Waals surface area contributed by atoms with Gasteiger partial charge in [-0.05, 0) is 43.9 Å². The first kappa shape index (κ1) is 15.3. The molecule has 2 fully saturated rings. The molecule has 6 nitrogen and oxygen atoms in total. The Morgan fingerprint density at radius 2 is 2.05 bits per heavy atom. The summed E-state index contributed by atoms with van der Waals surface area (Å²) >= 11 is 0. The largest absolute Gasteiger partial charge is 0.465 e. The average molecular weight is 324 g/mol. The Morgan fingerprint density at radius 1 is 1.36 bits per heavy atom. The van der Waals surface area contributed by atoms with Crippen LogP contribution in [0.1, 0.15) is 31.4 Å². The van der Waals surface area contributed by atoms with Crippen molar-refractivity contribution < 1.29 is 17.6 Å². The maximum absolute atomic E-state index is 11.9. The van der Waals surface area contributed by atoms with Crippen LogP contribution in [0.4, 0.5) is 0 Å². The SMILES string of the molecule is CS(=O)(=O)N1C2CCC1CC(NC(=O)C=Cc1ccco1)C2. The summed E-state index contributed by atoms with van der Waals surface area (Å²) in [4.78, 5) is 11.9. The van der Waals surface area contributed by atoms with Crippen LogP contribution in [0.5, 0.6) is 0 Å². The maximum Gasteiger partial charge on any atom is 0.244 e. The standard InChI is InChI=1S/C15H20N2O4S/c1-22(19,20)17-12-4-5-13(17)10-11(9-12)16-15(18)7-6-14-3-2-8-21-14/h2-3,6-8,11-13H,4-5,9-10H2,1H3,(H,16,18). The van der Waals surface area contributed by atoms with E-state index < -0.39 is 10.0 Å². The molecule has 1 N–H and O–H groups in total. The molecule has 1 aromatic heterocycles. The number of carbonyl (C=O) groups excluding carboxylic acids is 1. The van der Waals surface area contributed by atoms with Crippen molar-refractivity contribution in [2.75, 3.05) is 6.26 Å². The molecule has 7 heteroatoms. The van der Waals surface area contributed by atoms with E-state index in [2.05, 4.69) is 5.32 Å². The third kappa shape index (κ3) is 3.25. The lowest BCUT2D eigenvalue weighted by Crippen LogP contribution is -2.51. The summed E-state index contributed by atoms with van der Waals surface area (Å²) in [5, 5.41) is 2.97. The van der Waals surface area contributed by atoms with Crippen LogP contribution in [-0.2, 0) is 14.8 Å². The summed E-state index contributed by atoms with van der Waals surface area (Å²) in [5.74, 6) is 0.454. The molecule has 1 aromatic rings. The predicted molar refractivity (Wildman–Crippen MR) is 82.4 cm³/mol. The Bertz CT molecular complexity index is 652. The zero-order chi connectivity index (χ0) is 15.7. The van der Waals surface area contributed by atoms with Crippen LogP contribution in [0.3, 0.4) is 0 Å². The quantitative estimate of drug-likeness (QED) is 0.848. The molecule has 0 saturated carbocycles. The van der Waals surface area contributed by atoms with E-state index in [1.54, 1.807) is 28.8 Å². The fourth-order valence-corrected chi connectivity index (χ4v) is 5.05. The second-order valence-electron chi connectivity index (χ2n) is 6.00. The molecule has 3 rings (SSSR count). The molecule has 2 bridgehead atoms. The Kier molecular flexibility index (Phi) is 4.10. The molecule has 2 aliphatic rings. The fourth-order valence-electron chi connectivity index (χ4n) is 3.59. The van der Waals surface area contributed by atoms with Crippen LogP contribution in [0.15, 0.2) is 28.9 Å². The minimum absolute atomic E-state index is 0.0214. The van der Waals surface area contributed by atoms with Gasteiger partial charge in [0.15, 0.2) is 0 Å². The molecular formula is C15H20N2O4S. The van der Waals surface area contributed by atoms with E-state index in [1.165, 1.54) is 12.3 Å². The number of amides is 1. The number of sulfonamides is 1. The lowest BCUT2D eigenvalue weighted by molar-refractivity contribution is -0.117. The van der Waals surface area contributed by atoms with Gasteiger partial charge in [0.2, 0.25) is 15.9 Å². The molecule has 22 heavy (non-hydrogen) atoms. The number of hydrogen-bond acceptors (Lipinski definition) is 4. The molecule has 0 spiro atoms. The highest BCUT2D eigenvalue weighted by atomic mass is 32.2. The second-order valence-corrected chi connectivity index (χ2v) is 7.89. The van der Waals surface area contributed by atoms with E-state index in [-0.39, 0.29) is 24.0 Å². The highest BCUT2D eigenvalue weighted by Crippen LogP contribution is 2.37. The second kappa shape index (κ2) is 5.89. The van der Waals surface area contributed by atoms with Gasteiger partial charge < -0.3 is 9.73 Å². The van der Waals surface area contributed by atoms with Crippen LogP contribution in [0.2, 0.25) is 0 Å². The summed E-state index contributed by atoms with van der Waals surface area (Å²) in [6.07, 6.45) is 9.02. The Morgan fingerprint density at radius 3 is 2.59 bits per heavy atom. The lowest BCUT2D eigenvalue weighted by Gasteiger charge is -2.37. The van der Waals surface area contributed by atoms with Crippen molar-refractivity contribution in [1.29, 1.82) is 0 Å². The monoisotopic (exact) mass is 324 g/mol. The van der Waals surface area contributed by atoms with Crippen molar-refractivity contribution in [3.05, 3.63) is 30.2 Å². The van der Waals surface area contributed by atoms with Crippen LogP contribution >= 0.6 is 0 Å². The van der Waals surface area contributed by atoms with Gasteiger partial charge in [-0.1, -0.05) is 0 Å². The summed E-state index contributed by atoms with van der Waals surface area (Å²) in [6.45, 7) is 0. The molecule has 2 unspecified atom stereocenters. The number of carbonyl (C=O) groups is 1. The van der Waals surface area contributed by atoms with Gasteiger partial charge >= 0.3 is 0 Å². The third-order valence-electron chi connectivity index (χ3n) is 4.34. The van der Waals surface area contributed by atoms with Crippen molar-refractivity contribution in [2.24, 2.45) is 0 Å². The first-order valence-electron chi connectivity index (χ1n) is 7.44. The van der Waals surface area contributed by atoms with Gasteiger partial charge in [-0.15, -0.1) is 0 Å². The number of furan rings is 1. The van der Waals surface area contributed by atoms with Crippen LogP contribution < -0.4 is 5.32 Å². The van der Waals surface area contributed by atoms with Crippen LogP contribution in [0, 0.1) is 0 Å². The molecule has 0 aromatic carbocycles. The number of piperidine rings is 1. The van der Waals surface area contributed by atoms with Crippen molar-refractivity contribution in [3.8, 4) is 0 Å². The number of rotatable bonds is 4. The predicted octanol–water partition coefficient (Wildman–Crippen LogP) is 1.36. The minimum atomic E-state index is -3.16. The van der Waals surface area contributed by atoms with Gasteiger partial charge in [-0.25, -0.2) is 8.42 Å². The van der Waals surface area contributed by atoms with E-state index in [9.17, 15) is 13.2 Å². The van der Waals surface area contributed by atoms with Gasteiger partial charge in [0.05, 0.1) is 12.5 Å². The van der Waals surface area contributed by atoms with Gasteiger partial charge in [0.25, 0.3) is 0 Å². The van der Waals surface area contributed by atoms with Crippen molar-refractivity contribution >= 4 is 22.0 Å². The molecule has 0 radical (unpaired) electrons. The van der Waals surface area contributed by atoms with Crippen molar-refractivity contribution in [2.45, 2.75) is 43.8 Å². The summed E-state index contributed by atoms with van der Waals surface area (Å²) < 4.78 is 30.4. The van der Waals surface area contributed by atoms with Crippen molar-refractivity contribution in [3.63, 3.8) is 0 Å². The van der Waals surface area contributed by atoms with E-state index >= 15 is 0 Å².